The molecule has 3 rings (SSSR count). The minimum Gasteiger partial charge on any atom is -0.480 e. The number of amides is 1. The Balaban J connectivity index is 2.04. The van der Waals surface area contributed by atoms with Crippen LogP contribution in [-0.2, 0) is 9.63 Å². The van der Waals surface area contributed by atoms with Crippen molar-refractivity contribution >= 4 is 12.1 Å². The molecule has 0 bridgehead atoms. The van der Waals surface area contributed by atoms with Gasteiger partial charge >= 0.3 is 12.1 Å². The summed E-state index contributed by atoms with van der Waals surface area (Å²) in [5.41, 5.74) is 4.33. The Morgan fingerprint density at radius 1 is 1.37 bits per heavy atom. The number of hydrogen-bond donors (Lipinski definition) is 3. The van der Waals surface area contributed by atoms with E-state index in [0.717, 1.165) is 10.5 Å². The fraction of sp³-hybridized carbons (Fsp3) is 0.333. The molecular weight excluding hydrogens is 252 g/mol. The third-order valence-electron chi connectivity index (χ3n) is 3.51. The molecule has 0 radical (unpaired) electrons. The fourth-order valence-electron chi connectivity index (χ4n) is 2.66. The summed E-state index contributed by atoms with van der Waals surface area (Å²) >= 11 is 0. The largest absolute Gasteiger partial charge is 0.480 e. The molecule has 100 valence electrons. The first-order valence-electron chi connectivity index (χ1n) is 5.82. The molecule has 0 aromatic rings. The molecule has 1 aliphatic carbocycles. The van der Waals surface area contributed by atoms with Crippen LogP contribution in [-0.4, -0.2) is 45.5 Å². The van der Waals surface area contributed by atoms with Gasteiger partial charge in [-0.25, -0.2) is 9.59 Å². The summed E-state index contributed by atoms with van der Waals surface area (Å²) in [6.45, 7) is 0. The van der Waals surface area contributed by atoms with Crippen LogP contribution in [0.15, 0.2) is 35.5 Å². The summed E-state index contributed by atoms with van der Waals surface area (Å²) < 4.78 is 0. The maximum atomic E-state index is 11.2. The van der Waals surface area contributed by atoms with E-state index in [1.807, 2.05) is 24.3 Å². The first kappa shape index (κ1) is 11.9. The molecule has 0 aromatic carbocycles. The van der Waals surface area contributed by atoms with Crippen molar-refractivity contribution in [2.24, 2.45) is 0 Å². The van der Waals surface area contributed by atoms with Gasteiger partial charge in [-0.2, -0.15) is 5.48 Å². The highest BCUT2D eigenvalue weighted by Crippen LogP contribution is 2.37. The molecule has 3 aliphatic rings. The lowest BCUT2D eigenvalue weighted by atomic mass is 9.94. The molecule has 1 amide bonds. The van der Waals surface area contributed by atoms with Gasteiger partial charge in [0.25, 0.3) is 0 Å². The number of nitrogens with one attached hydrogen (secondary N) is 1. The number of aliphatic carboxylic acids is 1. The van der Waals surface area contributed by atoms with E-state index in [2.05, 4.69) is 5.48 Å². The van der Waals surface area contributed by atoms with Crippen molar-refractivity contribution in [1.29, 1.82) is 0 Å². The average molecular weight is 264 g/mol. The summed E-state index contributed by atoms with van der Waals surface area (Å²) in [6, 6.07) is -1.26. The van der Waals surface area contributed by atoms with E-state index in [4.69, 9.17) is 15.1 Å². The third kappa shape index (κ3) is 1.74. The van der Waals surface area contributed by atoms with Crippen LogP contribution in [0.2, 0.25) is 0 Å². The zero-order chi connectivity index (χ0) is 13.6. The zero-order valence-electron chi connectivity index (χ0n) is 9.81. The summed E-state index contributed by atoms with van der Waals surface area (Å²) in [5, 5.41) is 18.3. The number of fused-ring (bicyclic) bond motifs is 2. The maximum Gasteiger partial charge on any atom is 0.410 e. The van der Waals surface area contributed by atoms with Crippen LogP contribution in [0.4, 0.5) is 4.79 Å². The molecule has 0 saturated carbocycles. The van der Waals surface area contributed by atoms with Gasteiger partial charge in [0.1, 0.15) is 6.04 Å². The van der Waals surface area contributed by atoms with Gasteiger partial charge in [0.05, 0.1) is 6.04 Å². The van der Waals surface area contributed by atoms with Gasteiger partial charge in [0.15, 0.2) is 6.23 Å². The number of hydrogen-bond acceptors (Lipinski definition) is 4. The lowest BCUT2D eigenvalue weighted by Gasteiger charge is -2.32. The van der Waals surface area contributed by atoms with Crippen molar-refractivity contribution in [2.45, 2.75) is 24.7 Å². The van der Waals surface area contributed by atoms with Gasteiger partial charge in [0.2, 0.25) is 0 Å². The average Bonchev–Trinajstić information content (AvgIpc) is 2.78. The summed E-state index contributed by atoms with van der Waals surface area (Å²) in [6.07, 6.45) is 5.39. The van der Waals surface area contributed by atoms with Crippen molar-refractivity contribution in [3.8, 4) is 0 Å². The molecule has 3 N–H and O–H groups in total. The molecule has 19 heavy (non-hydrogen) atoms. The Labute approximate surface area is 108 Å². The van der Waals surface area contributed by atoms with E-state index in [0.29, 0.717) is 5.57 Å². The van der Waals surface area contributed by atoms with E-state index in [1.165, 1.54) is 0 Å². The van der Waals surface area contributed by atoms with Crippen LogP contribution in [0, 0.1) is 0 Å². The number of carboxylic acids is 1. The highest BCUT2D eigenvalue weighted by Gasteiger charge is 2.48. The van der Waals surface area contributed by atoms with Crippen LogP contribution in [0.3, 0.4) is 0 Å². The lowest BCUT2D eigenvalue weighted by molar-refractivity contribution is -0.146. The van der Waals surface area contributed by atoms with Gasteiger partial charge in [0, 0.05) is 6.42 Å². The lowest BCUT2D eigenvalue weighted by Crippen LogP contribution is -2.50. The van der Waals surface area contributed by atoms with E-state index >= 15 is 0 Å². The molecule has 7 nitrogen and oxygen atoms in total. The predicted molar refractivity (Wildman–Crippen MR) is 63.0 cm³/mol. The van der Waals surface area contributed by atoms with Crippen molar-refractivity contribution in [3.63, 3.8) is 0 Å². The highest BCUT2D eigenvalue weighted by molar-refractivity contribution is 5.81. The van der Waals surface area contributed by atoms with Gasteiger partial charge < -0.3 is 10.2 Å². The van der Waals surface area contributed by atoms with Crippen molar-refractivity contribution in [3.05, 3.63) is 35.5 Å². The normalized spacial score (nSPS) is 32.2. The number of allylic oxidation sites excluding steroid dienone is 2. The summed E-state index contributed by atoms with van der Waals surface area (Å²) in [5.74, 6) is -1.17. The topological polar surface area (TPSA) is 99.1 Å². The van der Waals surface area contributed by atoms with Gasteiger partial charge in [-0.15, -0.1) is 0 Å². The van der Waals surface area contributed by atoms with Crippen molar-refractivity contribution in [1.82, 2.24) is 10.4 Å². The Hall–Kier alpha value is -2.12. The van der Waals surface area contributed by atoms with Gasteiger partial charge in [-0.3, -0.25) is 9.74 Å². The number of rotatable bonds is 1. The van der Waals surface area contributed by atoms with E-state index < -0.39 is 24.3 Å². The predicted octanol–water partition coefficient (Wildman–Crippen LogP) is 0.475. The molecule has 2 aliphatic heterocycles. The molecule has 3 unspecified atom stereocenters. The Morgan fingerprint density at radius 2 is 2.16 bits per heavy atom. The molecule has 2 heterocycles. The quantitative estimate of drug-likeness (QED) is 0.637. The molecule has 1 saturated heterocycles. The second-order valence-corrected chi connectivity index (χ2v) is 4.54. The minimum absolute atomic E-state index is 0.151. The number of hydroxylamine groups is 1. The summed E-state index contributed by atoms with van der Waals surface area (Å²) in [4.78, 5) is 28.6. The monoisotopic (exact) mass is 264 g/mol. The van der Waals surface area contributed by atoms with Crippen molar-refractivity contribution in [2.75, 3.05) is 0 Å². The first-order valence-corrected chi connectivity index (χ1v) is 5.82. The zero-order valence-corrected chi connectivity index (χ0v) is 9.81. The number of nitrogens with zero attached hydrogens (tertiary/aromatic N) is 1. The van der Waals surface area contributed by atoms with Gasteiger partial charge in [-0.05, 0) is 11.1 Å². The Kier molecular flexibility index (Phi) is 2.65. The van der Waals surface area contributed by atoms with Crippen LogP contribution in [0.1, 0.15) is 6.42 Å². The summed E-state index contributed by atoms with van der Waals surface area (Å²) in [7, 11) is 0. The molecule has 7 heteroatoms. The van der Waals surface area contributed by atoms with E-state index in [1.54, 1.807) is 0 Å². The van der Waals surface area contributed by atoms with Gasteiger partial charge in [-0.1, -0.05) is 24.3 Å². The van der Waals surface area contributed by atoms with Crippen LogP contribution >= 0.6 is 0 Å². The van der Waals surface area contributed by atoms with Crippen LogP contribution in [0.5, 0.6) is 0 Å². The SMILES string of the molecule is O=C(O)C1CC2=C3C=CC=CC3NOC2N1C(=O)O. The number of likely N-dealkylation sites (tertiary alicyclic amines) is 1. The smallest absolute Gasteiger partial charge is 0.410 e. The number of carboxylic acid groups (broad SMARTS) is 2. The van der Waals surface area contributed by atoms with E-state index in [9.17, 15) is 9.59 Å². The Bertz CT molecular complexity index is 536. The van der Waals surface area contributed by atoms with Crippen LogP contribution in [0.25, 0.3) is 0 Å². The number of carbonyl (C=O) groups is 2. The van der Waals surface area contributed by atoms with Crippen molar-refractivity contribution < 1.29 is 24.6 Å². The fourth-order valence-corrected chi connectivity index (χ4v) is 2.66. The minimum atomic E-state index is -1.30. The molecule has 0 spiro atoms. The molecule has 1 fully saturated rings. The second-order valence-electron chi connectivity index (χ2n) is 4.54. The Morgan fingerprint density at radius 3 is 2.84 bits per heavy atom. The molecular formula is C12H12N2O5. The maximum absolute atomic E-state index is 11.2. The van der Waals surface area contributed by atoms with Crippen LogP contribution < -0.4 is 5.48 Å². The standard InChI is InChI=1S/C12H12N2O5/c15-11(16)9-5-7-6-3-1-2-4-8(6)13-19-10(7)14(9)12(17)18/h1-4,8-10,13H,5H2,(H,15,16)(H,17,18). The second kappa shape index (κ2) is 4.22. The third-order valence-corrected chi connectivity index (χ3v) is 3.51. The van der Waals surface area contributed by atoms with E-state index in [-0.39, 0.29) is 12.5 Å². The highest BCUT2D eigenvalue weighted by atomic mass is 16.7. The first-order chi connectivity index (χ1) is 9.09. The molecule has 3 atom stereocenters. The molecule has 0 aromatic heterocycles.